The Morgan fingerprint density at radius 2 is 1.88 bits per heavy atom. The third-order valence-corrected chi connectivity index (χ3v) is 1.31. The van der Waals surface area contributed by atoms with Crippen LogP contribution in [0.1, 0.15) is 19.8 Å². The van der Waals surface area contributed by atoms with E-state index in [0.717, 1.165) is 12.5 Å². The summed E-state index contributed by atoms with van der Waals surface area (Å²) >= 11 is 0. The quantitative estimate of drug-likeness (QED) is 0.563. The number of hydrogen-bond donors (Lipinski definition) is 1. The lowest BCUT2D eigenvalue weighted by Crippen LogP contribution is -2.19. The fourth-order valence-corrected chi connectivity index (χ4v) is 0.634. The lowest BCUT2D eigenvalue weighted by atomic mass is 10.2. The Morgan fingerprint density at radius 1 is 1.44 bits per heavy atom. The molecule has 0 aliphatic carbocycles. The summed E-state index contributed by atoms with van der Waals surface area (Å²) in [6.45, 7) is 8.68. The Kier molecular flexibility index (Phi) is 10.4. The van der Waals surface area contributed by atoms with Gasteiger partial charge in [-0.05, 0) is 12.5 Å². The van der Waals surface area contributed by atoms with E-state index < -0.39 is 5.91 Å². The monoisotopic (exact) mass is 228 g/mol. The van der Waals surface area contributed by atoms with Gasteiger partial charge in [-0.15, -0.1) is 5.06 Å². The fraction of sp³-hybridized carbons (Fsp3) is 0.455. The van der Waals surface area contributed by atoms with Gasteiger partial charge in [0.15, 0.2) is 0 Å². The van der Waals surface area contributed by atoms with Gasteiger partial charge >= 0.3 is 5.97 Å². The molecule has 92 valence electrons. The highest BCUT2D eigenvalue weighted by molar-refractivity contribution is 5.87. The molecule has 2 N–H and O–H groups in total. The maximum absolute atomic E-state index is 11.0. The van der Waals surface area contributed by atoms with E-state index in [-0.39, 0.29) is 5.97 Å². The molecule has 0 rings (SSSR count). The summed E-state index contributed by atoms with van der Waals surface area (Å²) in [4.78, 5) is 25.2. The molecule has 0 fully saturated rings. The molecule has 0 unspecified atom stereocenters. The van der Waals surface area contributed by atoms with Crippen LogP contribution in [-0.4, -0.2) is 31.0 Å². The zero-order valence-electron chi connectivity index (χ0n) is 10.2. The maximum Gasteiger partial charge on any atom is 0.352 e. The van der Waals surface area contributed by atoms with Gasteiger partial charge in [0.25, 0.3) is 0 Å². The predicted molar refractivity (Wildman–Crippen MR) is 63.2 cm³/mol. The highest BCUT2D eigenvalue weighted by Crippen LogP contribution is 2.03. The van der Waals surface area contributed by atoms with Gasteiger partial charge in [0, 0.05) is 19.7 Å². The van der Waals surface area contributed by atoms with Crippen molar-refractivity contribution in [2.24, 2.45) is 5.73 Å². The zero-order valence-corrected chi connectivity index (χ0v) is 10.2. The molecular weight excluding hydrogens is 208 g/mol. The van der Waals surface area contributed by atoms with Crippen LogP contribution in [0.15, 0.2) is 24.8 Å². The number of hydrogen-bond acceptors (Lipinski definition) is 4. The van der Waals surface area contributed by atoms with E-state index in [4.69, 9.17) is 4.84 Å². The van der Waals surface area contributed by atoms with Gasteiger partial charge in [-0.25, -0.2) is 4.79 Å². The van der Waals surface area contributed by atoms with Crippen molar-refractivity contribution < 1.29 is 14.4 Å². The Hall–Kier alpha value is -1.62. The zero-order chi connectivity index (χ0) is 13.1. The molecule has 0 aromatic carbocycles. The number of nitrogens with two attached hydrogens (primary N) is 1. The maximum atomic E-state index is 11.0. The van der Waals surface area contributed by atoms with Crippen LogP contribution < -0.4 is 5.73 Å². The average Bonchev–Trinajstić information content (AvgIpc) is 2.18. The van der Waals surface area contributed by atoms with E-state index in [1.165, 1.54) is 5.06 Å². The smallest absolute Gasteiger partial charge is 0.352 e. The number of carbonyl (C=O) groups excluding carboxylic acids is 2. The normalized spacial score (nSPS) is 8.75. The average molecular weight is 228 g/mol. The Morgan fingerprint density at radius 3 is 2.12 bits per heavy atom. The molecule has 0 aliphatic heterocycles. The molecule has 0 saturated heterocycles. The van der Waals surface area contributed by atoms with Crippen LogP contribution in [0.2, 0.25) is 0 Å². The molecule has 0 saturated carbocycles. The highest BCUT2D eigenvalue weighted by Gasteiger charge is 2.07. The molecule has 1 amide bonds. The van der Waals surface area contributed by atoms with E-state index in [2.05, 4.69) is 18.9 Å². The molecule has 0 bridgehead atoms. The summed E-state index contributed by atoms with van der Waals surface area (Å²) in [5.41, 5.74) is 5.06. The Bertz CT molecular complexity index is 260. The largest absolute Gasteiger partial charge is 0.366 e. The lowest BCUT2D eigenvalue weighted by molar-refractivity contribution is -0.173. The fourth-order valence-electron chi connectivity index (χ4n) is 0.634. The molecule has 0 spiro atoms. The van der Waals surface area contributed by atoms with Crippen molar-refractivity contribution in [3.05, 3.63) is 24.8 Å². The number of carbonyl (C=O) groups is 2. The van der Waals surface area contributed by atoms with Gasteiger partial charge in [-0.3, -0.25) is 4.79 Å². The molecule has 0 heterocycles. The second-order valence-corrected chi connectivity index (χ2v) is 3.15. The van der Waals surface area contributed by atoms with Crippen LogP contribution in [-0.2, 0) is 14.4 Å². The molecule has 0 aromatic rings. The molecule has 0 atom stereocenters. The van der Waals surface area contributed by atoms with Gasteiger partial charge in [-0.2, -0.15) is 0 Å². The summed E-state index contributed by atoms with van der Waals surface area (Å²) in [5, 5.41) is 1.36. The van der Waals surface area contributed by atoms with Crippen LogP contribution in [0.3, 0.4) is 0 Å². The molecular formula is C11H20N2O3. The standard InChI is InChI=1S/C8H15NO2.C3H5NO/c1-5-6-7(2)8(10)11-9(3)4;1-2-3(4)5/h2,5-6H2,1,3-4H3;2H,1H2,(H2,4,5). The molecule has 16 heavy (non-hydrogen) atoms. The SMILES string of the molecule is C=C(CCC)C(=O)ON(C)C.C=CC(N)=O. The first-order valence-electron chi connectivity index (χ1n) is 4.84. The topological polar surface area (TPSA) is 72.6 Å². The van der Waals surface area contributed by atoms with Crippen molar-refractivity contribution in [1.82, 2.24) is 5.06 Å². The lowest BCUT2D eigenvalue weighted by Gasteiger charge is -2.10. The van der Waals surface area contributed by atoms with Crippen molar-refractivity contribution in [2.75, 3.05) is 14.1 Å². The van der Waals surface area contributed by atoms with Crippen molar-refractivity contribution in [3.63, 3.8) is 0 Å². The third-order valence-electron chi connectivity index (χ3n) is 1.31. The number of amides is 1. The second kappa shape index (κ2) is 9.92. The van der Waals surface area contributed by atoms with Crippen LogP contribution in [0.5, 0.6) is 0 Å². The van der Waals surface area contributed by atoms with E-state index in [1.807, 2.05) is 6.92 Å². The summed E-state index contributed by atoms with van der Waals surface area (Å²) in [6.07, 6.45) is 2.67. The minimum atomic E-state index is -0.481. The minimum absolute atomic E-state index is 0.336. The molecule has 5 nitrogen and oxygen atoms in total. The third kappa shape index (κ3) is 12.4. The Labute approximate surface area is 96.5 Å². The van der Waals surface area contributed by atoms with Crippen LogP contribution >= 0.6 is 0 Å². The first-order valence-corrected chi connectivity index (χ1v) is 4.84. The molecule has 5 heteroatoms. The number of hydroxylamine groups is 2. The van der Waals surface area contributed by atoms with Crippen molar-refractivity contribution in [3.8, 4) is 0 Å². The van der Waals surface area contributed by atoms with Crippen LogP contribution in [0.25, 0.3) is 0 Å². The predicted octanol–water partition coefficient (Wildman–Crippen LogP) is 1.02. The summed E-state index contributed by atoms with van der Waals surface area (Å²) in [6, 6.07) is 0. The molecule has 0 aromatic heterocycles. The number of nitrogens with zero attached hydrogens (tertiary/aromatic N) is 1. The summed E-state index contributed by atoms with van der Waals surface area (Å²) in [7, 11) is 3.33. The van der Waals surface area contributed by atoms with Crippen molar-refractivity contribution in [1.29, 1.82) is 0 Å². The summed E-state index contributed by atoms with van der Waals surface area (Å²) < 4.78 is 0. The van der Waals surface area contributed by atoms with E-state index in [9.17, 15) is 9.59 Å². The highest BCUT2D eigenvalue weighted by atomic mass is 16.7. The number of rotatable bonds is 5. The van der Waals surface area contributed by atoms with Gasteiger partial charge in [-0.1, -0.05) is 26.5 Å². The van der Waals surface area contributed by atoms with Crippen molar-refractivity contribution in [2.45, 2.75) is 19.8 Å². The van der Waals surface area contributed by atoms with Gasteiger partial charge in [0.05, 0.1) is 0 Å². The van der Waals surface area contributed by atoms with Gasteiger partial charge < -0.3 is 10.6 Å². The molecule has 0 radical (unpaired) electrons. The number of primary amides is 1. The first kappa shape index (κ1) is 16.8. The summed E-state index contributed by atoms with van der Waals surface area (Å²) in [5.74, 6) is -0.818. The van der Waals surface area contributed by atoms with Crippen LogP contribution in [0, 0.1) is 0 Å². The van der Waals surface area contributed by atoms with E-state index in [1.54, 1.807) is 14.1 Å². The van der Waals surface area contributed by atoms with E-state index in [0.29, 0.717) is 12.0 Å². The first-order chi connectivity index (χ1) is 7.34. The molecule has 0 aliphatic rings. The van der Waals surface area contributed by atoms with Gasteiger partial charge in [0.1, 0.15) is 0 Å². The second-order valence-electron chi connectivity index (χ2n) is 3.15. The van der Waals surface area contributed by atoms with Gasteiger partial charge in [0.2, 0.25) is 5.91 Å². The van der Waals surface area contributed by atoms with Crippen LogP contribution in [0.4, 0.5) is 0 Å². The van der Waals surface area contributed by atoms with Crippen molar-refractivity contribution >= 4 is 11.9 Å². The Balaban J connectivity index is 0. The minimum Gasteiger partial charge on any atom is -0.366 e. The van der Waals surface area contributed by atoms with E-state index >= 15 is 0 Å².